The number of carbonyl (C=O) groups is 4. The van der Waals surface area contributed by atoms with Gasteiger partial charge in [-0.1, -0.05) is 26.8 Å². The molecule has 4 fully saturated rings. The van der Waals surface area contributed by atoms with Crippen molar-refractivity contribution < 1.29 is 48.0 Å². The van der Waals surface area contributed by atoms with Crippen molar-refractivity contribution >= 4 is 23.9 Å². The smallest absolute Gasteiger partial charge is 0.339 e. The van der Waals surface area contributed by atoms with Crippen LogP contribution in [0.3, 0.4) is 0 Å². The molecule has 10 nitrogen and oxygen atoms in total. The highest BCUT2D eigenvalue weighted by atomic mass is 16.7. The van der Waals surface area contributed by atoms with E-state index in [1.807, 2.05) is 33.8 Å². The first kappa shape index (κ1) is 25.6. The van der Waals surface area contributed by atoms with Gasteiger partial charge in [-0.3, -0.25) is 4.79 Å². The van der Waals surface area contributed by atoms with Gasteiger partial charge < -0.3 is 28.8 Å². The van der Waals surface area contributed by atoms with E-state index in [4.69, 9.17) is 23.7 Å². The molecule has 0 aromatic heterocycles. The van der Waals surface area contributed by atoms with E-state index in [1.54, 1.807) is 0 Å². The maximum Gasteiger partial charge on any atom is 0.339 e. The molecule has 10 heteroatoms. The molecule has 0 bridgehead atoms. The highest BCUT2D eigenvalue weighted by Gasteiger charge is 2.88. The summed E-state index contributed by atoms with van der Waals surface area (Å²) in [5, 5.41) is 10.5. The Morgan fingerprint density at radius 1 is 1.03 bits per heavy atom. The van der Waals surface area contributed by atoms with Crippen molar-refractivity contribution in [3.05, 3.63) is 23.8 Å². The van der Waals surface area contributed by atoms with Crippen LogP contribution in [0.25, 0.3) is 0 Å². The maximum absolute atomic E-state index is 13.3. The zero-order chi connectivity index (χ0) is 27.6. The highest BCUT2D eigenvalue weighted by Crippen LogP contribution is 2.78. The predicted octanol–water partition coefficient (Wildman–Crippen LogP) is 2.12. The minimum atomic E-state index is -1.53. The van der Waals surface area contributed by atoms with Crippen molar-refractivity contribution in [2.75, 3.05) is 0 Å². The fourth-order valence-electron chi connectivity index (χ4n) is 9.33. The number of rotatable bonds is 2. The van der Waals surface area contributed by atoms with Gasteiger partial charge in [0.15, 0.2) is 6.10 Å². The number of epoxide rings is 1. The lowest BCUT2D eigenvalue weighted by atomic mass is 9.37. The van der Waals surface area contributed by atoms with Crippen LogP contribution in [0.1, 0.15) is 60.8 Å². The zero-order valence-corrected chi connectivity index (χ0v) is 22.4. The highest BCUT2D eigenvalue weighted by molar-refractivity contribution is 5.87. The third-order valence-corrected chi connectivity index (χ3v) is 10.8. The fraction of sp³-hybridized carbons (Fsp3) is 0.714. The lowest BCUT2D eigenvalue weighted by molar-refractivity contribution is -0.254. The lowest BCUT2D eigenvalue weighted by Gasteiger charge is -2.67. The fourth-order valence-corrected chi connectivity index (χ4v) is 9.33. The van der Waals surface area contributed by atoms with Crippen LogP contribution in [0.2, 0.25) is 0 Å². The minimum Gasteiger partial charge on any atom is -0.462 e. The summed E-state index contributed by atoms with van der Waals surface area (Å²) in [7, 11) is 0. The number of allylic oxidation sites excluding steroid dienone is 1. The summed E-state index contributed by atoms with van der Waals surface area (Å²) in [6, 6.07) is 0. The van der Waals surface area contributed by atoms with E-state index in [0.29, 0.717) is 19.3 Å². The van der Waals surface area contributed by atoms with Gasteiger partial charge in [0.2, 0.25) is 6.29 Å². The summed E-state index contributed by atoms with van der Waals surface area (Å²) in [6.45, 7) is 11.2. The second-order valence-electron chi connectivity index (χ2n) is 12.9. The first-order valence-electron chi connectivity index (χ1n) is 13.2. The average molecular weight is 531 g/mol. The summed E-state index contributed by atoms with van der Waals surface area (Å²) >= 11 is 0. The van der Waals surface area contributed by atoms with Crippen LogP contribution in [0.15, 0.2) is 23.8 Å². The Hall–Kier alpha value is -2.72. The molecule has 2 aliphatic carbocycles. The lowest BCUT2D eigenvalue weighted by Crippen LogP contribution is -2.74. The number of ether oxygens (including phenoxy) is 5. The molecule has 4 aliphatic heterocycles. The largest absolute Gasteiger partial charge is 0.462 e. The van der Waals surface area contributed by atoms with E-state index in [2.05, 4.69) is 6.92 Å². The molecule has 10 unspecified atom stereocenters. The van der Waals surface area contributed by atoms with Crippen molar-refractivity contribution in [3.63, 3.8) is 0 Å². The molecular weight excluding hydrogens is 496 g/mol. The Morgan fingerprint density at radius 2 is 1.74 bits per heavy atom. The van der Waals surface area contributed by atoms with Crippen molar-refractivity contribution in [2.24, 2.45) is 28.1 Å². The van der Waals surface area contributed by atoms with Gasteiger partial charge in [-0.15, -0.1) is 0 Å². The SMILES string of the molecule is CC(=O)OC1CC2C(C)(C)OC(=O)C=CC2(C)C2CCC3(C)C(C4=CC(=O)OC4O)OC(=O)C4OC43C12C. The van der Waals surface area contributed by atoms with Crippen LogP contribution in [-0.2, 0) is 42.9 Å². The van der Waals surface area contributed by atoms with Gasteiger partial charge in [-0.2, -0.15) is 0 Å². The summed E-state index contributed by atoms with van der Waals surface area (Å²) in [4.78, 5) is 50.4. The molecule has 38 heavy (non-hydrogen) atoms. The van der Waals surface area contributed by atoms with Crippen LogP contribution < -0.4 is 0 Å². The molecule has 6 rings (SSSR count). The van der Waals surface area contributed by atoms with E-state index in [0.717, 1.165) is 0 Å². The second-order valence-corrected chi connectivity index (χ2v) is 12.9. The molecule has 0 amide bonds. The molecule has 206 valence electrons. The molecule has 0 aromatic rings. The summed E-state index contributed by atoms with van der Waals surface area (Å²) in [5.41, 5.74) is -4.09. The number of aliphatic hydroxyl groups excluding tert-OH is 1. The Balaban J connectivity index is 1.54. The van der Waals surface area contributed by atoms with E-state index in [9.17, 15) is 24.3 Å². The number of cyclic esters (lactones) is 3. The van der Waals surface area contributed by atoms with Crippen LogP contribution >= 0.6 is 0 Å². The van der Waals surface area contributed by atoms with E-state index < -0.39 is 75.9 Å². The monoisotopic (exact) mass is 530 g/mol. The third-order valence-electron chi connectivity index (χ3n) is 10.8. The number of carbonyl (C=O) groups excluding carboxylic acids is 4. The van der Waals surface area contributed by atoms with Gasteiger partial charge in [0, 0.05) is 41.4 Å². The van der Waals surface area contributed by atoms with E-state index in [-0.39, 0.29) is 17.4 Å². The van der Waals surface area contributed by atoms with Gasteiger partial charge in [-0.05, 0) is 44.4 Å². The molecule has 6 aliphatic rings. The third kappa shape index (κ3) is 2.90. The molecule has 0 aromatic carbocycles. The standard InChI is InChI=1S/C28H34O10/c1-13(29)34-17-12-16-24(2,3)37-18(30)8-9-25(16,4)15-7-10-26(5)20(14-11-19(31)35-22(14)32)36-23(33)21-28(26,38-21)27(15,17)6/h8-9,11,15-17,20-22,32H,7,10,12H2,1-6H3. The molecule has 1 spiro atoms. The van der Waals surface area contributed by atoms with Crippen molar-refractivity contribution in [2.45, 2.75) is 96.6 Å². The Labute approximate surface area is 220 Å². The molecule has 0 radical (unpaired) electrons. The van der Waals surface area contributed by atoms with Gasteiger partial charge in [0.05, 0.1) is 0 Å². The number of aliphatic hydroxyl groups is 1. The second kappa shape index (κ2) is 7.47. The van der Waals surface area contributed by atoms with E-state index >= 15 is 0 Å². The van der Waals surface area contributed by atoms with Gasteiger partial charge in [0.1, 0.15) is 23.4 Å². The topological polar surface area (TPSA) is 138 Å². The molecular formula is C28H34O10. The Kier molecular flexibility index (Phi) is 5.02. The van der Waals surface area contributed by atoms with Crippen LogP contribution in [0.5, 0.6) is 0 Å². The minimum absolute atomic E-state index is 0.173. The van der Waals surface area contributed by atoms with Gasteiger partial charge in [0.25, 0.3) is 0 Å². The number of esters is 4. The average Bonchev–Trinajstić information content (AvgIpc) is 3.51. The molecule has 1 N–H and O–H groups in total. The van der Waals surface area contributed by atoms with Gasteiger partial charge in [-0.25, -0.2) is 14.4 Å². The Bertz CT molecular complexity index is 1220. The number of hydrogen-bond donors (Lipinski definition) is 1. The number of fused-ring (bicyclic) bond motifs is 3. The summed E-state index contributed by atoms with van der Waals surface area (Å²) in [5.74, 6) is -2.54. The Morgan fingerprint density at radius 3 is 2.37 bits per heavy atom. The van der Waals surface area contributed by atoms with Crippen molar-refractivity contribution in [3.8, 4) is 0 Å². The molecule has 2 saturated carbocycles. The van der Waals surface area contributed by atoms with Crippen molar-refractivity contribution in [1.82, 2.24) is 0 Å². The zero-order valence-electron chi connectivity index (χ0n) is 22.4. The normalized spacial score (nSPS) is 50.1. The quantitative estimate of drug-likeness (QED) is 0.321. The van der Waals surface area contributed by atoms with Crippen molar-refractivity contribution in [1.29, 1.82) is 0 Å². The molecule has 10 atom stereocenters. The molecule has 2 saturated heterocycles. The summed E-state index contributed by atoms with van der Waals surface area (Å²) < 4.78 is 29.1. The summed E-state index contributed by atoms with van der Waals surface area (Å²) in [6.07, 6.45) is 2.06. The predicted molar refractivity (Wildman–Crippen MR) is 128 cm³/mol. The first-order chi connectivity index (χ1) is 17.6. The molecule has 4 heterocycles. The van der Waals surface area contributed by atoms with Crippen LogP contribution in [0.4, 0.5) is 0 Å². The first-order valence-corrected chi connectivity index (χ1v) is 13.2. The number of hydrogen-bond acceptors (Lipinski definition) is 10. The van der Waals surface area contributed by atoms with E-state index in [1.165, 1.54) is 19.1 Å². The van der Waals surface area contributed by atoms with Gasteiger partial charge >= 0.3 is 23.9 Å². The van der Waals surface area contributed by atoms with Crippen LogP contribution in [0, 0.1) is 28.1 Å². The van der Waals surface area contributed by atoms with Crippen LogP contribution in [-0.4, -0.2) is 64.8 Å². The maximum atomic E-state index is 13.3.